The fourth-order valence-electron chi connectivity index (χ4n) is 3.25. The van der Waals surface area contributed by atoms with E-state index in [-0.39, 0.29) is 11.8 Å². The Kier molecular flexibility index (Phi) is 5.26. The number of halogens is 3. The van der Waals surface area contributed by atoms with Crippen LogP contribution in [0, 0.1) is 0 Å². The molecule has 12 heteroatoms. The van der Waals surface area contributed by atoms with Crippen LogP contribution in [0.5, 0.6) is 0 Å². The molecule has 0 radical (unpaired) electrons. The first kappa shape index (κ1) is 20.7. The molecule has 30 heavy (non-hydrogen) atoms. The maximum atomic E-state index is 13.1. The number of methoxy groups -OCH3 is 1. The van der Waals surface area contributed by atoms with Crippen molar-refractivity contribution < 1.29 is 27.4 Å². The third kappa shape index (κ3) is 3.55. The molecule has 2 atom stereocenters. The van der Waals surface area contributed by atoms with Gasteiger partial charge in [0.05, 0.1) is 23.6 Å². The lowest BCUT2D eigenvalue weighted by Crippen LogP contribution is -2.40. The summed E-state index contributed by atoms with van der Waals surface area (Å²) in [6.07, 6.45) is -5.83. The highest BCUT2D eigenvalue weighted by atomic mass is 32.1. The molecule has 0 amide bonds. The summed E-state index contributed by atoms with van der Waals surface area (Å²) in [5, 5.41) is 0.578. The number of ether oxygens (including phenoxy) is 3. The quantitative estimate of drug-likeness (QED) is 0.615. The highest BCUT2D eigenvalue weighted by Crippen LogP contribution is 2.34. The molecule has 2 unspecified atom stereocenters. The first-order chi connectivity index (χ1) is 14.2. The van der Waals surface area contributed by atoms with E-state index < -0.39 is 29.4 Å². The van der Waals surface area contributed by atoms with Gasteiger partial charge in [-0.15, -0.1) is 0 Å². The van der Waals surface area contributed by atoms with E-state index in [1.54, 1.807) is 13.2 Å². The average Bonchev–Trinajstić information content (AvgIpc) is 3.30. The van der Waals surface area contributed by atoms with E-state index in [4.69, 9.17) is 14.2 Å². The molecule has 0 N–H and O–H groups in total. The number of nitrogens with zero attached hydrogens (tertiary/aromatic N) is 3. The zero-order valence-corrected chi connectivity index (χ0v) is 16.6. The normalized spacial score (nSPS) is 19.6. The van der Waals surface area contributed by atoms with Crippen LogP contribution in [0.3, 0.4) is 0 Å². The minimum absolute atomic E-state index is 0.120. The summed E-state index contributed by atoms with van der Waals surface area (Å²) < 4.78 is 61.8. The van der Waals surface area contributed by atoms with Crippen molar-refractivity contribution in [2.24, 2.45) is 7.05 Å². The van der Waals surface area contributed by atoms with Crippen molar-refractivity contribution in [2.45, 2.75) is 18.6 Å². The van der Waals surface area contributed by atoms with Crippen LogP contribution < -0.4 is 11.2 Å². The average molecular weight is 443 g/mol. The number of aromatic nitrogens is 3. The Morgan fingerprint density at radius 1 is 1.30 bits per heavy atom. The van der Waals surface area contributed by atoms with Gasteiger partial charge in [0.2, 0.25) is 6.29 Å². The van der Waals surface area contributed by atoms with E-state index in [0.29, 0.717) is 39.5 Å². The molecule has 0 aliphatic carbocycles. The Morgan fingerprint density at radius 2 is 2.07 bits per heavy atom. The zero-order valence-electron chi connectivity index (χ0n) is 15.8. The van der Waals surface area contributed by atoms with Crippen LogP contribution in [0.25, 0.3) is 15.8 Å². The minimum Gasteiger partial charge on any atom is -0.382 e. The smallest absolute Gasteiger partial charge is 0.382 e. The molecular formula is C18H16F3N3O5S. The molecule has 8 nitrogen and oxygen atoms in total. The SMILES string of the molecule is COCC1COC(c2nsc3ccc(-n4c(=O)cc(C(F)(F)F)n(C)c4=O)cc23)O1. The lowest BCUT2D eigenvalue weighted by molar-refractivity contribution is -0.144. The summed E-state index contributed by atoms with van der Waals surface area (Å²) in [6, 6.07) is 5.03. The second-order valence-electron chi connectivity index (χ2n) is 6.67. The van der Waals surface area contributed by atoms with Crippen molar-refractivity contribution in [3.05, 3.63) is 56.5 Å². The van der Waals surface area contributed by atoms with Crippen LogP contribution in [-0.2, 0) is 27.4 Å². The van der Waals surface area contributed by atoms with E-state index in [0.717, 1.165) is 11.7 Å². The maximum absolute atomic E-state index is 13.1. The van der Waals surface area contributed by atoms with Crippen molar-refractivity contribution in [3.8, 4) is 5.69 Å². The Labute approximate surface area is 171 Å². The molecule has 1 aliphatic rings. The summed E-state index contributed by atoms with van der Waals surface area (Å²) in [4.78, 5) is 24.9. The van der Waals surface area contributed by atoms with Gasteiger partial charge in [0.1, 0.15) is 17.5 Å². The van der Waals surface area contributed by atoms with Crippen LogP contribution in [0.2, 0.25) is 0 Å². The van der Waals surface area contributed by atoms with Gasteiger partial charge >= 0.3 is 11.9 Å². The van der Waals surface area contributed by atoms with E-state index in [2.05, 4.69) is 4.37 Å². The predicted octanol–water partition coefficient (Wildman–Crippen LogP) is 2.23. The first-order valence-electron chi connectivity index (χ1n) is 8.76. The molecule has 0 spiro atoms. The van der Waals surface area contributed by atoms with Crippen LogP contribution in [0.15, 0.2) is 33.9 Å². The van der Waals surface area contributed by atoms with Gasteiger partial charge in [0, 0.05) is 25.6 Å². The third-order valence-corrected chi connectivity index (χ3v) is 5.52. The standard InChI is InChI=1S/C18H16F3N3O5S/c1-23-13(18(19,20)21)6-14(25)24(17(23)26)9-3-4-12-11(5-9)15(22-30-12)16-28-8-10(29-16)7-27-2/h3-6,10,16H,7-8H2,1-2H3. The van der Waals surface area contributed by atoms with Gasteiger partial charge < -0.3 is 14.2 Å². The van der Waals surface area contributed by atoms with E-state index in [1.165, 1.54) is 23.7 Å². The van der Waals surface area contributed by atoms with Crippen molar-refractivity contribution >= 4 is 21.6 Å². The highest BCUT2D eigenvalue weighted by Gasteiger charge is 2.35. The van der Waals surface area contributed by atoms with Gasteiger partial charge in [-0.2, -0.15) is 17.5 Å². The molecule has 0 bridgehead atoms. The van der Waals surface area contributed by atoms with Crippen LogP contribution >= 0.6 is 11.5 Å². The van der Waals surface area contributed by atoms with Gasteiger partial charge in [-0.05, 0) is 29.7 Å². The molecule has 1 saturated heterocycles. The molecule has 4 rings (SSSR count). The summed E-state index contributed by atoms with van der Waals surface area (Å²) >= 11 is 1.18. The third-order valence-electron chi connectivity index (χ3n) is 4.68. The summed E-state index contributed by atoms with van der Waals surface area (Å²) in [7, 11) is 2.51. The van der Waals surface area contributed by atoms with Gasteiger partial charge in [0.25, 0.3) is 5.56 Å². The second kappa shape index (κ2) is 7.61. The van der Waals surface area contributed by atoms with Crippen molar-refractivity contribution in [1.82, 2.24) is 13.5 Å². The number of benzene rings is 1. The van der Waals surface area contributed by atoms with Gasteiger partial charge in [-0.1, -0.05) is 0 Å². The number of rotatable bonds is 4. The van der Waals surface area contributed by atoms with Gasteiger partial charge in [-0.3, -0.25) is 9.36 Å². The Bertz CT molecular complexity index is 1220. The summed E-state index contributed by atoms with van der Waals surface area (Å²) in [5.41, 5.74) is -2.91. The van der Waals surface area contributed by atoms with E-state index in [9.17, 15) is 22.8 Å². The number of hydrogen-bond acceptors (Lipinski definition) is 7. The summed E-state index contributed by atoms with van der Waals surface area (Å²) in [6.45, 7) is 0.664. The van der Waals surface area contributed by atoms with Crippen LogP contribution in [-0.4, -0.2) is 39.9 Å². The van der Waals surface area contributed by atoms with Crippen molar-refractivity contribution in [2.75, 3.05) is 20.3 Å². The van der Waals surface area contributed by atoms with Gasteiger partial charge in [0.15, 0.2) is 0 Å². The summed E-state index contributed by atoms with van der Waals surface area (Å²) in [5.74, 6) is 0. The second-order valence-corrected chi connectivity index (χ2v) is 7.47. The number of alkyl halides is 3. The first-order valence-corrected chi connectivity index (χ1v) is 9.54. The topological polar surface area (TPSA) is 84.6 Å². The van der Waals surface area contributed by atoms with Gasteiger partial charge in [-0.25, -0.2) is 9.36 Å². The molecule has 1 fully saturated rings. The lowest BCUT2D eigenvalue weighted by atomic mass is 10.2. The molecule has 3 aromatic rings. The molecule has 1 aliphatic heterocycles. The highest BCUT2D eigenvalue weighted by molar-refractivity contribution is 7.13. The molecule has 1 aromatic carbocycles. The van der Waals surface area contributed by atoms with E-state index in [1.807, 2.05) is 0 Å². The Morgan fingerprint density at radius 3 is 2.77 bits per heavy atom. The zero-order chi connectivity index (χ0) is 21.6. The van der Waals surface area contributed by atoms with Crippen molar-refractivity contribution in [3.63, 3.8) is 0 Å². The fourth-order valence-corrected chi connectivity index (χ4v) is 4.03. The molecule has 3 heterocycles. The van der Waals surface area contributed by atoms with Crippen LogP contribution in [0.4, 0.5) is 13.2 Å². The molecule has 0 saturated carbocycles. The van der Waals surface area contributed by atoms with E-state index >= 15 is 0 Å². The Balaban J connectivity index is 1.79. The monoisotopic (exact) mass is 443 g/mol. The molecule has 2 aromatic heterocycles. The molecular weight excluding hydrogens is 427 g/mol. The fraction of sp³-hybridized carbons (Fsp3) is 0.389. The Hall–Kier alpha value is -2.54. The minimum atomic E-state index is -4.82. The largest absolute Gasteiger partial charge is 0.431 e. The molecule has 160 valence electrons. The van der Waals surface area contributed by atoms with Crippen molar-refractivity contribution in [1.29, 1.82) is 0 Å². The maximum Gasteiger partial charge on any atom is 0.431 e. The number of hydrogen-bond donors (Lipinski definition) is 0. The predicted molar refractivity (Wildman–Crippen MR) is 101 cm³/mol. The lowest BCUT2D eigenvalue weighted by Gasteiger charge is -2.14. The number of fused-ring (bicyclic) bond motifs is 1. The van der Waals surface area contributed by atoms with Crippen LogP contribution in [0.1, 0.15) is 17.7 Å².